The summed E-state index contributed by atoms with van der Waals surface area (Å²) in [6.45, 7) is 6.57. The van der Waals surface area contributed by atoms with E-state index in [9.17, 15) is 62.5 Å². The number of hydrogen-bond acceptors (Lipinski definition) is 10. The average molecular weight is 872 g/mol. The van der Waals surface area contributed by atoms with E-state index >= 15 is 0 Å². The molecule has 0 heterocycles. The van der Waals surface area contributed by atoms with Gasteiger partial charge in [-0.05, 0) is 77.3 Å². The third-order valence-electron chi connectivity index (χ3n) is 8.82. The molecule has 0 spiro atoms. The van der Waals surface area contributed by atoms with Gasteiger partial charge in [-0.2, -0.15) is 8.42 Å². The van der Waals surface area contributed by atoms with Gasteiger partial charge in [-0.25, -0.2) is 0 Å². The molecule has 0 aromatic heterocycles. The molecule has 0 amide bonds. The van der Waals surface area contributed by atoms with Crippen LogP contribution in [0.5, 0.6) is 5.75 Å². The maximum atomic E-state index is 14.0. The molecule has 2 aromatic carbocycles. The zero-order chi connectivity index (χ0) is 40.1. The molecule has 0 saturated carbocycles. The Labute approximate surface area is 449 Å². The summed E-state index contributed by atoms with van der Waals surface area (Å²) in [5, 5.41) is 49.7. The summed E-state index contributed by atoms with van der Waals surface area (Å²) in [6.07, 6.45) is 1.56. The second kappa shape index (κ2) is 27.1. The van der Waals surface area contributed by atoms with Crippen LogP contribution >= 0.6 is 0 Å². The molecule has 5 radical (unpaired) electrons. The Morgan fingerprint density at radius 2 is 1.16 bits per heavy atom. The van der Waals surface area contributed by atoms with Gasteiger partial charge in [-0.1, -0.05) is 45.9 Å². The summed E-state index contributed by atoms with van der Waals surface area (Å²) in [5.74, 6) is -6.84. The Balaban J connectivity index is -0.00000605. The number of hydrogen-bond donors (Lipinski definition) is 6. The van der Waals surface area contributed by atoms with Crippen molar-refractivity contribution in [2.75, 3.05) is 32.7 Å². The zero-order valence-electron chi connectivity index (χ0n) is 35.2. The van der Waals surface area contributed by atoms with Gasteiger partial charge in [0.05, 0.1) is 26.2 Å². The standard InChI is InChI=1S/C37H44N2O13S.5Na/c1-19(2)24-11-26(21(5)28(36(24)48)13-38(15-31(40)41)16-32(42)43)35(23-9-7-8-10-30(23)53(50,51)52)27-12-25(20(3)4)37(49)29(22(27)6)14-39(17-33(44)45)18-34(46)47;;;;;/h7-12,19-20,48H,13-18H2,1-6H3,(H,40,41)(H,42,43)(H,44,45)(H,46,47)(H,50,51,52);;;;;. The Morgan fingerprint density at radius 3 is 1.57 bits per heavy atom. The summed E-state index contributed by atoms with van der Waals surface area (Å²) in [6, 6.07) is 7.13. The molecular weight excluding hydrogens is 827 g/mol. The van der Waals surface area contributed by atoms with Gasteiger partial charge in [-0.3, -0.25) is 38.3 Å². The van der Waals surface area contributed by atoms with E-state index in [0.29, 0.717) is 16.7 Å². The van der Waals surface area contributed by atoms with Crippen molar-refractivity contribution in [3.05, 3.63) is 86.5 Å². The first kappa shape index (κ1) is 62.1. The summed E-state index contributed by atoms with van der Waals surface area (Å²) >= 11 is 0. The molecule has 0 atom stereocenters. The summed E-state index contributed by atoms with van der Waals surface area (Å²) < 4.78 is 36.2. The van der Waals surface area contributed by atoms with E-state index in [1.54, 1.807) is 53.7 Å². The maximum Gasteiger partial charge on any atom is 0.317 e. The van der Waals surface area contributed by atoms with Crippen LogP contribution in [0.15, 0.2) is 63.6 Å². The van der Waals surface area contributed by atoms with Crippen molar-refractivity contribution in [2.24, 2.45) is 5.92 Å². The van der Waals surface area contributed by atoms with Crippen LogP contribution in [-0.4, -0.2) is 258 Å². The molecule has 0 saturated heterocycles. The number of aromatic hydroxyl groups is 1. The number of Topliss-reactive ketones (excluding diaryl/α,β-unsaturated/α-hetero) is 1. The molecule has 291 valence electrons. The predicted molar refractivity (Wildman–Crippen MR) is 221 cm³/mol. The Morgan fingerprint density at radius 1 is 0.707 bits per heavy atom. The molecule has 1 aliphatic rings. The predicted octanol–water partition coefficient (Wildman–Crippen LogP) is 1.89. The minimum Gasteiger partial charge on any atom is -0.507 e. The van der Waals surface area contributed by atoms with E-state index in [0.717, 1.165) is 9.80 Å². The fourth-order valence-electron chi connectivity index (χ4n) is 6.34. The van der Waals surface area contributed by atoms with Crippen molar-refractivity contribution in [3.63, 3.8) is 0 Å². The second-order valence-corrected chi connectivity index (χ2v) is 14.8. The normalized spacial score (nSPS) is 13.4. The average Bonchev–Trinajstić information content (AvgIpc) is 3.01. The van der Waals surface area contributed by atoms with Crippen LogP contribution in [0.1, 0.15) is 68.4 Å². The third-order valence-corrected chi connectivity index (χ3v) is 9.74. The molecule has 0 fully saturated rings. The van der Waals surface area contributed by atoms with Gasteiger partial charge >= 0.3 is 23.9 Å². The monoisotopic (exact) mass is 871 g/mol. The first-order chi connectivity index (χ1) is 24.5. The maximum absolute atomic E-state index is 14.0. The summed E-state index contributed by atoms with van der Waals surface area (Å²) in [4.78, 5) is 62.5. The number of rotatable bonds is 17. The molecule has 58 heavy (non-hydrogen) atoms. The van der Waals surface area contributed by atoms with Crippen LogP contribution in [0.3, 0.4) is 0 Å². The number of carboxylic acids is 4. The van der Waals surface area contributed by atoms with E-state index in [-0.39, 0.29) is 205 Å². The van der Waals surface area contributed by atoms with Gasteiger partial charge < -0.3 is 25.5 Å². The Bertz CT molecular complexity index is 2030. The molecule has 21 heteroatoms. The van der Waals surface area contributed by atoms with Crippen molar-refractivity contribution in [3.8, 4) is 5.75 Å². The molecule has 6 N–H and O–H groups in total. The van der Waals surface area contributed by atoms with Crippen LogP contribution in [0, 0.1) is 12.8 Å². The number of carbonyl (C=O) groups is 5. The molecule has 0 unspecified atom stereocenters. The second-order valence-electron chi connectivity index (χ2n) is 13.4. The number of aliphatic carboxylic acids is 4. The van der Waals surface area contributed by atoms with Crippen molar-refractivity contribution >= 4 is 193 Å². The van der Waals surface area contributed by atoms with E-state index < -0.39 is 83.3 Å². The van der Waals surface area contributed by atoms with Crippen LogP contribution < -0.4 is 0 Å². The fraction of sp³-hybridized carbons (Fsp3) is 0.378. The third kappa shape index (κ3) is 16.5. The largest absolute Gasteiger partial charge is 0.507 e. The van der Waals surface area contributed by atoms with Gasteiger partial charge in [0.25, 0.3) is 10.1 Å². The van der Waals surface area contributed by atoms with Crippen molar-refractivity contribution in [1.82, 2.24) is 9.80 Å². The Kier molecular flexibility index (Phi) is 29.1. The number of carbonyl (C=O) groups excluding carboxylic acids is 1. The molecule has 1 aliphatic carbocycles. The Hall–Kier alpha value is -0.160. The number of phenolic OH excluding ortho intramolecular Hbond substituents is 1. The van der Waals surface area contributed by atoms with Gasteiger partial charge in [0.2, 0.25) is 0 Å². The smallest absolute Gasteiger partial charge is 0.317 e. The summed E-state index contributed by atoms with van der Waals surface area (Å²) in [7, 11) is -4.91. The van der Waals surface area contributed by atoms with Gasteiger partial charge in [0.15, 0.2) is 5.78 Å². The van der Waals surface area contributed by atoms with Crippen LogP contribution in [0.2, 0.25) is 0 Å². The van der Waals surface area contributed by atoms with Crippen LogP contribution in [0.4, 0.5) is 0 Å². The van der Waals surface area contributed by atoms with E-state index in [1.807, 2.05) is 0 Å². The number of phenols is 1. The van der Waals surface area contributed by atoms with Crippen molar-refractivity contribution in [1.29, 1.82) is 0 Å². The minimum atomic E-state index is -4.91. The van der Waals surface area contributed by atoms with E-state index in [1.165, 1.54) is 24.3 Å². The van der Waals surface area contributed by atoms with Crippen LogP contribution in [0.25, 0.3) is 5.57 Å². The van der Waals surface area contributed by atoms with Crippen molar-refractivity contribution < 1.29 is 62.5 Å². The molecular formula is C37H44N2Na5O13S. The molecule has 2 aromatic rings. The van der Waals surface area contributed by atoms with Crippen LogP contribution in [-0.2, 0) is 40.6 Å². The quantitative estimate of drug-likeness (QED) is 0.0982. The number of benzene rings is 2. The molecule has 0 bridgehead atoms. The first-order valence-corrected chi connectivity index (χ1v) is 17.9. The SMILES string of the molecule is CC1=C(CN(CC(=O)O)CC(=O)O)C(=O)C(C(C)C)=CC1=C(c1ccccc1S(=O)(=O)O)c1cc(C(C)C)c(O)c(CN(CC(=O)O)CC(=O)O)c1C.[Na].[Na].[Na].[Na].[Na]. The molecule has 15 nitrogen and oxygen atoms in total. The topological polar surface area (TPSA) is 247 Å². The number of nitrogens with zero attached hydrogens (tertiary/aromatic N) is 2. The first-order valence-electron chi connectivity index (χ1n) is 16.5. The minimum absolute atomic E-state index is 0. The van der Waals surface area contributed by atoms with E-state index in [4.69, 9.17) is 0 Å². The number of allylic oxidation sites excluding steroid dienone is 4. The van der Waals surface area contributed by atoms with Gasteiger partial charge in [0, 0.05) is 183 Å². The van der Waals surface area contributed by atoms with Gasteiger partial charge in [0.1, 0.15) is 10.6 Å². The van der Waals surface area contributed by atoms with E-state index in [2.05, 4.69) is 0 Å². The molecule has 0 aliphatic heterocycles. The number of carboxylic acid groups (broad SMARTS) is 4. The fourth-order valence-corrected chi connectivity index (χ4v) is 7.03. The molecule has 3 rings (SSSR count). The van der Waals surface area contributed by atoms with Crippen molar-refractivity contribution in [2.45, 2.75) is 58.9 Å². The summed E-state index contributed by atoms with van der Waals surface area (Å²) in [5.41, 5.74) is 2.01. The zero-order valence-corrected chi connectivity index (χ0v) is 46.0. The van der Waals surface area contributed by atoms with Gasteiger partial charge in [-0.15, -0.1) is 0 Å². The number of ketones is 1.